The van der Waals surface area contributed by atoms with Crippen LogP contribution in [0.2, 0.25) is 5.02 Å². The van der Waals surface area contributed by atoms with E-state index in [2.05, 4.69) is 22.0 Å². The van der Waals surface area contributed by atoms with Crippen LogP contribution in [0.25, 0.3) is 11.0 Å². The summed E-state index contributed by atoms with van der Waals surface area (Å²) in [6, 6.07) is 11.9. The maximum Gasteiger partial charge on any atom is 0.347 e. The fraction of sp³-hybridized carbons (Fsp3) is 0.227. The standard InChI is InChI=1S/C22H22ClN3O5/c1-14(2)26-29-11-10-22(3,21(27)28)31-19-7-5-4-6-18(19)30-20-13-24-17-12-15(23)8-9-16(17)25-20/h4-9,12-13,26H,1,10-11H2,2-3H3,(H,27,28). The van der Waals surface area contributed by atoms with Crippen molar-refractivity contribution in [2.75, 3.05) is 6.61 Å². The molecule has 0 radical (unpaired) electrons. The van der Waals surface area contributed by atoms with Gasteiger partial charge >= 0.3 is 5.97 Å². The number of carboxylic acids is 1. The van der Waals surface area contributed by atoms with Gasteiger partial charge in [0.1, 0.15) is 0 Å². The largest absolute Gasteiger partial charge is 0.478 e. The number of para-hydroxylation sites is 2. The minimum atomic E-state index is -1.55. The first-order chi connectivity index (χ1) is 14.8. The summed E-state index contributed by atoms with van der Waals surface area (Å²) in [4.78, 5) is 25.8. The molecule has 1 aromatic heterocycles. The van der Waals surface area contributed by atoms with Crippen LogP contribution in [0, 0.1) is 0 Å². The van der Waals surface area contributed by atoms with Crippen molar-refractivity contribution in [2.45, 2.75) is 25.9 Å². The number of carboxylic acid groups (broad SMARTS) is 1. The molecule has 162 valence electrons. The Hall–Kier alpha value is -3.36. The first kappa shape index (κ1) is 22.3. The monoisotopic (exact) mass is 443 g/mol. The molecule has 0 spiro atoms. The summed E-state index contributed by atoms with van der Waals surface area (Å²) >= 11 is 5.98. The van der Waals surface area contributed by atoms with Gasteiger partial charge in [-0.05, 0) is 44.2 Å². The van der Waals surface area contributed by atoms with Gasteiger partial charge < -0.3 is 14.6 Å². The Balaban J connectivity index is 1.79. The molecular formula is C22H22ClN3O5. The lowest BCUT2D eigenvalue weighted by Crippen LogP contribution is -2.43. The van der Waals surface area contributed by atoms with E-state index in [0.29, 0.717) is 27.5 Å². The van der Waals surface area contributed by atoms with E-state index in [4.69, 9.17) is 25.9 Å². The Morgan fingerprint density at radius 1 is 1.23 bits per heavy atom. The highest BCUT2D eigenvalue weighted by Crippen LogP contribution is 2.34. The van der Waals surface area contributed by atoms with E-state index in [1.54, 1.807) is 49.4 Å². The summed E-state index contributed by atoms with van der Waals surface area (Å²) in [7, 11) is 0. The van der Waals surface area contributed by atoms with Gasteiger partial charge in [-0.1, -0.05) is 30.3 Å². The van der Waals surface area contributed by atoms with Gasteiger partial charge in [0.2, 0.25) is 11.5 Å². The predicted molar refractivity (Wildman–Crippen MR) is 116 cm³/mol. The molecule has 9 heteroatoms. The van der Waals surface area contributed by atoms with Crippen LogP contribution < -0.4 is 15.0 Å². The number of carbonyl (C=O) groups is 1. The second-order valence-corrected chi connectivity index (χ2v) is 7.45. The third-order valence-corrected chi connectivity index (χ3v) is 4.50. The normalized spacial score (nSPS) is 12.7. The lowest BCUT2D eigenvalue weighted by Gasteiger charge is -2.27. The molecule has 0 aliphatic carbocycles. The second-order valence-electron chi connectivity index (χ2n) is 7.01. The summed E-state index contributed by atoms with van der Waals surface area (Å²) in [5.41, 5.74) is 2.89. The van der Waals surface area contributed by atoms with E-state index in [-0.39, 0.29) is 24.7 Å². The van der Waals surface area contributed by atoms with Crippen molar-refractivity contribution in [3.05, 3.63) is 66.0 Å². The number of ether oxygens (including phenoxy) is 2. The molecule has 0 amide bonds. The smallest absolute Gasteiger partial charge is 0.347 e. The third kappa shape index (κ3) is 5.84. The minimum absolute atomic E-state index is 0.0769. The van der Waals surface area contributed by atoms with Gasteiger partial charge in [-0.3, -0.25) is 10.3 Å². The van der Waals surface area contributed by atoms with Crippen molar-refractivity contribution in [3.8, 4) is 17.4 Å². The van der Waals surface area contributed by atoms with Crippen molar-refractivity contribution in [1.29, 1.82) is 0 Å². The number of halogens is 1. The molecule has 1 unspecified atom stereocenters. The summed E-state index contributed by atoms with van der Waals surface area (Å²) < 4.78 is 11.7. The number of rotatable bonds is 10. The average molecular weight is 444 g/mol. The number of fused-ring (bicyclic) bond motifs is 1. The van der Waals surface area contributed by atoms with Crippen LogP contribution in [-0.4, -0.2) is 33.3 Å². The van der Waals surface area contributed by atoms with Crippen molar-refractivity contribution in [1.82, 2.24) is 15.4 Å². The third-order valence-electron chi connectivity index (χ3n) is 4.26. The van der Waals surface area contributed by atoms with E-state index in [9.17, 15) is 9.90 Å². The highest BCUT2D eigenvalue weighted by atomic mass is 35.5. The molecule has 0 aliphatic rings. The summed E-state index contributed by atoms with van der Waals surface area (Å²) in [6.45, 7) is 6.94. The molecule has 0 fully saturated rings. The summed E-state index contributed by atoms with van der Waals surface area (Å²) in [6.07, 6.45) is 1.54. The van der Waals surface area contributed by atoms with Crippen LogP contribution >= 0.6 is 11.6 Å². The van der Waals surface area contributed by atoms with Gasteiger partial charge in [0.15, 0.2) is 11.5 Å². The lowest BCUT2D eigenvalue weighted by atomic mass is 10.0. The van der Waals surface area contributed by atoms with Gasteiger partial charge in [0, 0.05) is 17.1 Å². The maximum absolute atomic E-state index is 11.9. The van der Waals surface area contributed by atoms with Crippen LogP contribution in [0.3, 0.4) is 0 Å². The number of hydrogen-bond donors (Lipinski definition) is 2. The zero-order valence-corrected chi connectivity index (χ0v) is 17.8. The first-order valence-corrected chi connectivity index (χ1v) is 9.79. The number of benzene rings is 2. The summed E-state index contributed by atoms with van der Waals surface area (Å²) in [5, 5.41) is 10.3. The number of hydroxylamine groups is 1. The molecule has 0 aliphatic heterocycles. The second kappa shape index (κ2) is 9.63. The number of nitrogens with zero attached hydrogens (tertiary/aromatic N) is 2. The van der Waals surface area contributed by atoms with E-state index >= 15 is 0 Å². The first-order valence-electron chi connectivity index (χ1n) is 9.42. The molecule has 0 bridgehead atoms. The van der Waals surface area contributed by atoms with E-state index in [1.807, 2.05) is 0 Å². The van der Waals surface area contributed by atoms with Crippen LogP contribution in [0.5, 0.6) is 17.4 Å². The zero-order chi connectivity index (χ0) is 22.4. The Morgan fingerprint density at radius 3 is 2.68 bits per heavy atom. The molecule has 1 atom stereocenters. The SMILES string of the molecule is C=C(C)NOCCC(C)(Oc1ccccc1Oc1cnc2cc(Cl)ccc2n1)C(=O)O. The van der Waals surface area contributed by atoms with Gasteiger partial charge in [0.25, 0.3) is 0 Å². The molecule has 0 saturated carbocycles. The quantitative estimate of drug-likeness (QED) is 0.342. The number of nitrogens with one attached hydrogen (secondary N) is 1. The Labute approximate surface area is 184 Å². The minimum Gasteiger partial charge on any atom is -0.478 e. The Bertz CT molecular complexity index is 1110. The van der Waals surface area contributed by atoms with Crippen molar-refractivity contribution in [2.24, 2.45) is 0 Å². The molecule has 3 rings (SSSR count). The molecule has 0 saturated heterocycles. The highest BCUT2D eigenvalue weighted by Gasteiger charge is 2.36. The topological polar surface area (TPSA) is 103 Å². The molecule has 2 aromatic carbocycles. The Morgan fingerprint density at radius 2 is 1.97 bits per heavy atom. The molecule has 3 aromatic rings. The molecule has 2 N–H and O–H groups in total. The summed E-state index contributed by atoms with van der Waals surface area (Å²) in [5.74, 6) is -0.350. The number of allylic oxidation sites excluding steroid dienone is 1. The molecule has 8 nitrogen and oxygen atoms in total. The lowest BCUT2D eigenvalue weighted by molar-refractivity contribution is -0.156. The average Bonchev–Trinajstić information content (AvgIpc) is 2.72. The fourth-order valence-electron chi connectivity index (χ4n) is 2.61. The molecular weight excluding hydrogens is 422 g/mol. The molecule has 31 heavy (non-hydrogen) atoms. The van der Waals surface area contributed by atoms with Crippen LogP contribution in [-0.2, 0) is 9.63 Å². The van der Waals surface area contributed by atoms with Crippen LogP contribution in [0.15, 0.2) is 60.9 Å². The van der Waals surface area contributed by atoms with E-state index < -0.39 is 11.6 Å². The Kier molecular flexibility index (Phi) is 6.94. The number of hydrogen-bond acceptors (Lipinski definition) is 7. The van der Waals surface area contributed by atoms with Crippen molar-refractivity contribution >= 4 is 28.6 Å². The zero-order valence-electron chi connectivity index (χ0n) is 17.1. The van der Waals surface area contributed by atoms with E-state index in [0.717, 1.165) is 0 Å². The van der Waals surface area contributed by atoms with Gasteiger partial charge in [-0.2, -0.15) is 0 Å². The van der Waals surface area contributed by atoms with Gasteiger partial charge in [-0.15, -0.1) is 0 Å². The number of aromatic nitrogens is 2. The van der Waals surface area contributed by atoms with Crippen LogP contribution in [0.4, 0.5) is 0 Å². The maximum atomic E-state index is 11.9. The predicted octanol–water partition coefficient (Wildman–Crippen LogP) is 4.74. The van der Waals surface area contributed by atoms with Gasteiger partial charge in [-0.25, -0.2) is 14.8 Å². The van der Waals surface area contributed by atoms with Crippen molar-refractivity contribution in [3.63, 3.8) is 0 Å². The van der Waals surface area contributed by atoms with Crippen LogP contribution in [0.1, 0.15) is 20.3 Å². The van der Waals surface area contributed by atoms with Gasteiger partial charge in [0.05, 0.1) is 23.8 Å². The fourth-order valence-corrected chi connectivity index (χ4v) is 2.78. The number of aliphatic carboxylic acids is 1. The highest BCUT2D eigenvalue weighted by molar-refractivity contribution is 6.31. The van der Waals surface area contributed by atoms with E-state index in [1.165, 1.54) is 13.1 Å². The van der Waals surface area contributed by atoms with Crippen molar-refractivity contribution < 1.29 is 24.2 Å². The molecule has 1 heterocycles.